The van der Waals surface area contributed by atoms with Crippen molar-refractivity contribution in [1.29, 1.82) is 0 Å². The van der Waals surface area contributed by atoms with E-state index in [4.69, 9.17) is 0 Å². The number of aryl methyl sites for hydroxylation is 1. The second-order valence-electron chi connectivity index (χ2n) is 5.37. The molecule has 0 radical (unpaired) electrons. The van der Waals surface area contributed by atoms with Gasteiger partial charge in [-0.15, -0.1) is 0 Å². The van der Waals surface area contributed by atoms with E-state index in [1.807, 2.05) is 0 Å². The van der Waals surface area contributed by atoms with Crippen LogP contribution in [0.25, 0.3) is 0 Å². The number of Topliss-reactive ketones (excluding diaryl/α,β-unsaturated/α-hetero) is 1. The first-order valence-electron chi connectivity index (χ1n) is 5.66. The minimum absolute atomic E-state index is 0.0678. The number of hydrogen-bond donors (Lipinski definition) is 0. The molecule has 1 heteroatoms. The zero-order valence-electron chi connectivity index (χ0n) is 9.76. The molecule has 1 nitrogen and oxygen atoms in total. The largest absolute Gasteiger partial charge is 0.294 e. The Balaban J connectivity index is 2.62. The van der Waals surface area contributed by atoms with Crippen LogP contribution in [-0.4, -0.2) is 5.78 Å². The summed E-state index contributed by atoms with van der Waals surface area (Å²) < 4.78 is 0. The van der Waals surface area contributed by atoms with Crippen LogP contribution in [0.3, 0.4) is 0 Å². The molecule has 0 atom stereocenters. The van der Waals surface area contributed by atoms with Crippen molar-refractivity contribution in [3.63, 3.8) is 0 Å². The molecular formula is C14H18O. The molecule has 0 amide bonds. The maximum Gasteiger partial charge on any atom is 0.163 e. The molecule has 1 aromatic carbocycles. The van der Waals surface area contributed by atoms with Gasteiger partial charge >= 0.3 is 0 Å². The third-order valence-corrected chi connectivity index (χ3v) is 3.09. The molecule has 0 N–H and O–H groups in total. The second kappa shape index (κ2) is 3.48. The molecule has 0 aromatic heterocycles. The lowest BCUT2D eigenvalue weighted by atomic mass is 9.77. The standard InChI is InChI=1S/C14H18O/c1-14(2,3)11-8-4-6-10-7-5-9-12(15)13(10)11/h4,6,8H,5,7,9H2,1-3H3. The van der Waals surface area contributed by atoms with Crippen LogP contribution in [0, 0.1) is 0 Å². The first-order valence-corrected chi connectivity index (χ1v) is 5.66. The minimum atomic E-state index is 0.0678. The van der Waals surface area contributed by atoms with E-state index in [-0.39, 0.29) is 5.41 Å². The van der Waals surface area contributed by atoms with Crippen LogP contribution in [0.2, 0.25) is 0 Å². The fourth-order valence-corrected chi connectivity index (χ4v) is 2.33. The predicted octanol–water partition coefficient (Wildman–Crippen LogP) is 3.50. The van der Waals surface area contributed by atoms with Crippen molar-refractivity contribution < 1.29 is 4.79 Å². The molecule has 0 saturated heterocycles. The summed E-state index contributed by atoms with van der Waals surface area (Å²) in [6.07, 6.45) is 2.80. The van der Waals surface area contributed by atoms with E-state index < -0.39 is 0 Å². The average Bonchev–Trinajstić information content (AvgIpc) is 2.16. The summed E-state index contributed by atoms with van der Waals surface area (Å²) in [4.78, 5) is 12.0. The molecule has 1 aliphatic carbocycles. The van der Waals surface area contributed by atoms with E-state index in [1.165, 1.54) is 11.1 Å². The number of carbonyl (C=O) groups excluding carboxylic acids is 1. The van der Waals surface area contributed by atoms with E-state index >= 15 is 0 Å². The lowest BCUT2D eigenvalue weighted by molar-refractivity contribution is 0.0970. The number of hydrogen-bond acceptors (Lipinski definition) is 1. The van der Waals surface area contributed by atoms with Crippen molar-refractivity contribution in [2.75, 3.05) is 0 Å². The quantitative estimate of drug-likeness (QED) is 0.629. The lowest BCUT2D eigenvalue weighted by Crippen LogP contribution is -2.21. The zero-order chi connectivity index (χ0) is 11.1. The fourth-order valence-electron chi connectivity index (χ4n) is 2.33. The first kappa shape index (κ1) is 10.4. The highest BCUT2D eigenvalue weighted by Crippen LogP contribution is 2.32. The molecule has 1 aliphatic rings. The fraction of sp³-hybridized carbons (Fsp3) is 0.500. The van der Waals surface area contributed by atoms with Gasteiger partial charge in [0.15, 0.2) is 5.78 Å². The summed E-state index contributed by atoms with van der Waals surface area (Å²) >= 11 is 0. The van der Waals surface area contributed by atoms with Gasteiger partial charge in [0.2, 0.25) is 0 Å². The molecule has 0 saturated carbocycles. The highest BCUT2D eigenvalue weighted by atomic mass is 16.1. The van der Waals surface area contributed by atoms with Crippen LogP contribution in [0.15, 0.2) is 18.2 Å². The van der Waals surface area contributed by atoms with Gasteiger partial charge in [-0.2, -0.15) is 0 Å². The molecule has 80 valence electrons. The summed E-state index contributed by atoms with van der Waals surface area (Å²) in [5, 5.41) is 0. The van der Waals surface area contributed by atoms with Gasteiger partial charge in [0.1, 0.15) is 0 Å². The van der Waals surface area contributed by atoms with Crippen molar-refractivity contribution in [2.24, 2.45) is 0 Å². The molecule has 0 aliphatic heterocycles. The van der Waals surface area contributed by atoms with Crippen molar-refractivity contribution in [2.45, 2.75) is 45.4 Å². The topological polar surface area (TPSA) is 17.1 Å². The van der Waals surface area contributed by atoms with Crippen LogP contribution in [0.1, 0.15) is 55.1 Å². The van der Waals surface area contributed by atoms with Gasteiger partial charge in [0, 0.05) is 12.0 Å². The Kier molecular flexibility index (Phi) is 2.41. The number of carbonyl (C=O) groups is 1. The van der Waals surface area contributed by atoms with Gasteiger partial charge in [0.05, 0.1) is 0 Å². The van der Waals surface area contributed by atoms with Crippen LogP contribution >= 0.6 is 0 Å². The second-order valence-corrected chi connectivity index (χ2v) is 5.37. The molecule has 1 aromatic rings. The molecule has 2 rings (SSSR count). The predicted molar refractivity (Wildman–Crippen MR) is 62.4 cm³/mol. The maximum absolute atomic E-state index is 12.0. The Bertz CT molecular complexity index is 396. The van der Waals surface area contributed by atoms with Crippen molar-refractivity contribution in [3.8, 4) is 0 Å². The number of rotatable bonds is 0. The highest BCUT2D eigenvalue weighted by molar-refractivity contribution is 6.00. The van der Waals surface area contributed by atoms with Crippen molar-refractivity contribution in [3.05, 3.63) is 34.9 Å². The Morgan fingerprint density at radius 3 is 2.53 bits per heavy atom. The molecule has 0 fully saturated rings. The minimum Gasteiger partial charge on any atom is -0.294 e. The van der Waals surface area contributed by atoms with Gasteiger partial charge in [-0.1, -0.05) is 39.0 Å². The first-order chi connectivity index (χ1) is 7.00. The Hall–Kier alpha value is -1.11. The summed E-state index contributed by atoms with van der Waals surface area (Å²) in [5.41, 5.74) is 3.54. The highest BCUT2D eigenvalue weighted by Gasteiger charge is 2.25. The zero-order valence-corrected chi connectivity index (χ0v) is 9.76. The van der Waals surface area contributed by atoms with E-state index in [9.17, 15) is 4.79 Å². The number of benzene rings is 1. The summed E-state index contributed by atoms with van der Waals surface area (Å²) in [6.45, 7) is 6.51. The third kappa shape index (κ3) is 1.83. The summed E-state index contributed by atoms with van der Waals surface area (Å²) in [5.74, 6) is 0.335. The van der Waals surface area contributed by atoms with E-state index in [1.54, 1.807) is 0 Å². The molecule has 0 spiro atoms. The van der Waals surface area contributed by atoms with E-state index in [0.717, 1.165) is 24.8 Å². The van der Waals surface area contributed by atoms with Gasteiger partial charge < -0.3 is 0 Å². The maximum atomic E-state index is 12.0. The van der Waals surface area contributed by atoms with Crippen LogP contribution in [-0.2, 0) is 11.8 Å². The van der Waals surface area contributed by atoms with Crippen LogP contribution < -0.4 is 0 Å². The van der Waals surface area contributed by atoms with Crippen molar-refractivity contribution >= 4 is 5.78 Å². The van der Waals surface area contributed by atoms with Gasteiger partial charge in [-0.05, 0) is 29.4 Å². The molecule has 0 unspecified atom stereocenters. The average molecular weight is 202 g/mol. The smallest absolute Gasteiger partial charge is 0.163 e. The monoisotopic (exact) mass is 202 g/mol. The molecule has 15 heavy (non-hydrogen) atoms. The number of fused-ring (bicyclic) bond motifs is 1. The Morgan fingerprint density at radius 2 is 1.87 bits per heavy atom. The normalized spacial score (nSPS) is 16.3. The summed E-state index contributed by atoms with van der Waals surface area (Å²) in [7, 11) is 0. The van der Waals surface area contributed by atoms with Gasteiger partial charge in [-0.3, -0.25) is 4.79 Å². The lowest BCUT2D eigenvalue weighted by Gasteiger charge is -2.26. The Labute approximate surface area is 91.5 Å². The SMILES string of the molecule is CC(C)(C)c1cccc2c1C(=O)CCC2. The summed E-state index contributed by atoms with van der Waals surface area (Å²) in [6, 6.07) is 6.28. The van der Waals surface area contributed by atoms with E-state index in [2.05, 4.69) is 39.0 Å². The van der Waals surface area contributed by atoms with E-state index in [0.29, 0.717) is 5.78 Å². The van der Waals surface area contributed by atoms with Crippen molar-refractivity contribution in [1.82, 2.24) is 0 Å². The third-order valence-electron chi connectivity index (χ3n) is 3.09. The molecule has 0 heterocycles. The Morgan fingerprint density at radius 1 is 1.13 bits per heavy atom. The van der Waals surface area contributed by atoms with Crippen LogP contribution in [0.5, 0.6) is 0 Å². The molecular weight excluding hydrogens is 184 g/mol. The number of ketones is 1. The van der Waals surface area contributed by atoms with Crippen LogP contribution in [0.4, 0.5) is 0 Å². The van der Waals surface area contributed by atoms with Gasteiger partial charge in [-0.25, -0.2) is 0 Å². The van der Waals surface area contributed by atoms with Gasteiger partial charge in [0.25, 0.3) is 0 Å². The molecule has 0 bridgehead atoms.